The number of anilines is 1. The van der Waals surface area contributed by atoms with Crippen molar-refractivity contribution in [2.75, 3.05) is 17.4 Å². The number of hydrogen-bond donors (Lipinski definition) is 0. The molecule has 0 aromatic heterocycles. The van der Waals surface area contributed by atoms with E-state index in [1.807, 2.05) is 0 Å². The molecule has 1 aliphatic carbocycles. The standard InChI is InChI=1S/C18H18F3N3O3S/c1-10(25)23-8-12-3-5-16(23)14-9-24(28(26,27)17(12)14)13-4-2-11(7-22)15(6-13)18(19,20)21/h2,4,6,12,14,16-17H,3,5,8-9H2,1H3/t12-,14+,16-,17-/m0/s1. The Morgan fingerprint density at radius 2 is 1.96 bits per heavy atom. The normalized spacial score (nSPS) is 30.8. The monoisotopic (exact) mass is 413 g/mol. The maximum Gasteiger partial charge on any atom is 0.417 e. The highest BCUT2D eigenvalue weighted by Gasteiger charge is 2.59. The van der Waals surface area contributed by atoms with Gasteiger partial charge in [0.25, 0.3) is 0 Å². The summed E-state index contributed by atoms with van der Waals surface area (Å²) in [5.74, 6) is -0.650. The lowest BCUT2D eigenvalue weighted by Gasteiger charge is -2.50. The fourth-order valence-corrected chi connectivity index (χ4v) is 7.57. The molecule has 0 radical (unpaired) electrons. The van der Waals surface area contributed by atoms with E-state index < -0.39 is 32.6 Å². The molecule has 0 N–H and O–H groups in total. The summed E-state index contributed by atoms with van der Waals surface area (Å²) in [4.78, 5) is 13.6. The second-order valence-corrected chi connectivity index (χ2v) is 9.64. The molecule has 1 aromatic rings. The Bertz CT molecular complexity index is 986. The zero-order valence-corrected chi connectivity index (χ0v) is 15.8. The Balaban J connectivity index is 1.76. The SMILES string of the molecule is CC(=O)N1C[C@@H]2CC[C@H]1[C@H]1CN(c3ccc(C#N)c(C(F)(F)F)c3)S(=O)(=O)[C@@H]21. The van der Waals surface area contributed by atoms with Crippen LogP contribution in [0, 0.1) is 23.2 Å². The Kier molecular flexibility index (Phi) is 4.16. The lowest BCUT2D eigenvalue weighted by atomic mass is 9.72. The van der Waals surface area contributed by atoms with Crippen molar-refractivity contribution in [3.8, 4) is 6.07 Å². The van der Waals surface area contributed by atoms with Gasteiger partial charge in [0.1, 0.15) is 0 Å². The predicted molar refractivity (Wildman–Crippen MR) is 93.6 cm³/mol. The van der Waals surface area contributed by atoms with E-state index in [0.717, 1.165) is 16.4 Å². The van der Waals surface area contributed by atoms with Gasteiger partial charge in [0.2, 0.25) is 15.9 Å². The minimum atomic E-state index is -4.76. The first kappa shape index (κ1) is 19.1. The average molecular weight is 413 g/mol. The van der Waals surface area contributed by atoms with Gasteiger partial charge in [0.15, 0.2) is 0 Å². The molecule has 1 saturated carbocycles. The van der Waals surface area contributed by atoms with E-state index in [9.17, 15) is 26.4 Å². The summed E-state index contributed by atoms with van der Waals surface area (Å²) in [6.45, 7) is 1.86. The molecule has 4 aliphatic rings. The van der Waals surface area contributed by atoms with Crippen molar-refractivity contribution in [1.29, 1.82) is 5.26 Å². The van der Waals surface area contributed by atoms with Gasteiger partial charge in [-0.3, -0.25) is 9.10 Å². The van der Waals surface area contributed by atoms with E-state index in [2.05, 4.69) is 0 Å². The molecule has 1 aromatic carbocycles. The van der Waals surface area contributed by atoms with Crippen LogP contribution in [0.1, 0.15) is 30.9 Å². The fraction of sp³-hybridized carbons (Fsp3) is 0.556. The third-order valence-electron chi connectivity index (χ3n) is 6.19. The van der Waals surface area contributed by atoms with Gasteiger partial charge in [-0.05, 0) is 37.0 Å². The minimum Gasteiger partial charge on any atom is -0.339 e. The molecule has 3 aliphatic heterocycles. The largest absolute Gasteiger partial charge is 0.417 e. The Labute approximate surface area is 160 Å². The summed E-state index contributed by atoms with van der Waals surface area (Å²) in [6, 6.07) is 4.27. The van der Waals surface area contributed by atoms with Crippen LogP contribution in [0.25, 0.3) is 0 Å². The quantitative estimate of drug-likeness (QED) is 0.708. The first-order chi connectivity index (χ1) is 13.1. The number of fused-ring (bicyclic) bond motifs is 2. The molecule has 3 heterocycles. The molecule has 4 fully saturated rings. The highest BCUT2D eigenvalue weighted by atomic mass is 32.2. The number of hydrogen-bond acceptors (Lipinski definition) is 4. The third-order valence-corrected chi connectivity index (χ3v) is 8.59. The molecule has 4 atom stereocenters. The number of rotatable bonds is 1. The molecule has 10 heteroatoms. The smallest absolute Gasteiger partial charge is 0.339 e. The van der Waals surface area contributed by atoms with Crippen LogP contribution in [0.2, 0.25) is 0 Å². The molecule has 3 saturated heterocycles. The van der Waals surface area contributed by atoms with Crippen LogP contribution >= 0.6 is 0 Å². The van der Waals surface area contributed by atoms with E-state index in [4.69, 9.17) is 5.26 Å². The molecular formula is C18H18F3N3O3S. The van der Waals surface area contributed by atoms with Gasteiger partial charge in [-0.15, -0.1) is 0 Å². The number of carbonyl (C=O) groups is 1. The number of sulfonamides is 1. The lowest BCUT2D eigenvalue weighted by molar-refractivity contribution is -0.139. The molecule has 1 amide bonds. The highest BCUT2D eigenvalue weighted by molar-refractivity contribution is 7.93. The maximum atomic E-state index is 13.3. The van der Waals surface area contributed by atoms with E-state index in [-0.39, 0.29) is 36.0 Å². The number of alkyl halides is 3. The van der Waals surface area contributed by atoms with Gasteiger partial charge in [-0.2, -0.15) is 18.4 Å². The predicted octanol–water partition coefficient (Wildman–Crippen LogP) is 2.35. The molecule has 0 unspecified atom stereocenters. The topological polar surface area (TPSA) is 81.5 Å². The van der Waals surface area contributed by atoms with Crippen LogP contribution < -0.4 is 4.31 Å². The number of nitriles is 1. The number of halogens is 3. The molecule has 0 spiro atoms. The third kappa shape index (κ3) is 2.67. The van der Waals surface area contributed by atoms with E-state index in [0.29, 0.717) is 19.4 Å². The van der Waals surface area contributed by atoms with Crippen LogP contribution in [0.15, 0.2) is 18.2 Å². The molecule has 5 rings (SSSR count). The van der Waals surface area contributed by atoms with Gasteiger partial charge in [0.05, 0.1) is 28.1 Å². The van der Waals surface area contributed by atoms with E-state index in [1.54, 1.807) is 4.90 Å². The van der Waals surface area contributed by atoms with Crippen LogP contribution in [0.4, 0.5) is 18.9 Å². The summed E-state index contributed by atoms with van der Waals surface area (Å²) in [5.41, 5.74) is -1.78. The van der Waals surface area contributed by atoms with Crippen molar-refractivity contribution in [3.63, 3.8) is 0 Å². The number of benzene rings is 1. The molecule has 150 valence electrons. The van der Waals surface area contributed by atoms with E-state index >= 15 is 0 Å². The first-order valence-corrected chi connectivity index (χ1v) is 10.5. The van der Waals surface area contributed by atoms with Crippen molar-refractivity contribution in [1.82, 2.24) is 4.90 Å². The lowest BCUT2D eigenvalue weighted by Crippen LogP contribution is -2.61. The Morgan fingerprint density at radius 1 is 1.25 bits per heavy atom. The summed E-state index contributed by atoms with van der Waals surface area (Å²) >= 11 is 0. The van der Waals surface area contributed by atoms with Crippen LogP contribution in [0.5, 0.6) is 0 Å². The molecule has 2 bridgehead atoms. The summed E-state index contributed by atoms with van der Waals surface area (Å²) < 4.78 is 67.3. The maximum absolute atomic E-state index is 13.3. The first-order valence-electron chi connectivity index (χ1n) is 8.96. The second-order valence-electron chi connectivity index (χ2n) is 7.62. The van der Waals surface area contributed by atoms with Crippen molar-refractivity contribution in [2.45, 2.75) is 37.2 Å². The van der Waals surface area contributed by atoms with Gasteiger partial charge in [0, 0.05) is 32.0 Å². The molecule has 28 heavy (non-hydrogen) atoms. The average Bonchev–Trinajstić information content (AvgIpc) is 2.94. The number of carbonyl (C=O) groups excluding carboxylic acids is 1. The Hall–Kier alpha value is -2.28. The van der Waals surface area contributed by atoms with Crippen molar-refractivity contribution < 1.29 is 26.4 Å². The summed E-state index contributed by atoms with van der Waals surface area (Å²) in [5, 5.41) is 8.26. The summed E-state index contributed by atoms with van der Waals surface area (Å²) in [7, 11) is -3.86. The zero-order valence-electron chi connectivity index (χ0n) is 15.0. The zero-order chi connectivity index (χ0) is 20.4. The van der Waals surface area contributed by atoms with Gasteiger partial charge in [-0.25, -0.2) is 8.42 Å². The second kappa shape index (κ2) is 6.11. The van der Waals surface area contributed by atoms with Crippen LogP contribution in [-0.4, -0.2) is 43.6 Å². The fourth-order valence-electron chi connectivity index (χ4n) is 5.07. The van der Waals surface area contributed by atoms with Crippen LogP contribution in [-0.2, 0) is 21.0 Å². The van der Waals surface area contributed by atoms with Crippen molar-refractivity contribution >= 4 is 21.6 Å². The highest BCUT2D eigenvalue weighted by Crippen LogP contribution is 2.49. The number of amides is 1. The number of piperidine rings is 2. The summed E-state index contributed by atoms with van der Waals surface area (Å²) in [6.07, 6.45) is -3.37. The van der Waals surface area contributed by atoms with Crippen molar-refractivity contribution in [3.05, 3.63) is 29.3 Å². The van der Waals surface area contributed by atoms with Gasteiger partial charge in [-0.1, -0.05) is 0 Å². The molecule has 6 nitrogen and oxygen atoms in total. The van der Waals surface area contributed by atoms with E-state index in [1.165, 1.54) is 19.1 Å². The van der Waals surface area contributed by atoms with Crippen LogP contribution in [0.3, 0.4) is 0 Å². The Morgan fingerprint density at radius 3 is 2.57 bits per heavy atom. The minimum absolute atomic E-state index is 0.0428. The van der Waals surface area contributed by atoms with Crippen molar-refractivity contribution in [2.24, 2.45) is 11.8 Å². The number of nitrogens with zero attached hydrogens (tertiary/aromatic N) is 3. The van der Waals surface area contributed by atoms with Gasteiger partial charge < -0.3 is 4.90 Å². The van der Waals surface area contributed by atoms with Gasteiger partial charge >= 0.3 is 6.18 Å². The molecular weight excluding hydrogens is 395 g/mol.